The van der Waals surface area contributed by atoms with Crippen molar-refractivity contribution < 1.29 is 14.7 Å². The minimum Gasteiger partial charge on any atom is -0.481 e. The van der Waals surface area contributed by atoms with Crippen molar-refractivity contribution in [3.8, 4) is 0 Å². The maximum Gasteiger partial charge on any atom is 0.308 e. The van der Waals surface area contributed by atoms with Gasteiger partial charge >= 0.3 is 5.97 Å². The summed E-state index contributed by atoms with van der Waals surface area (Å²) in [5.41, 5.74) is 1.43. The van der Waals surface area contributed by atoms with Crippen LogP contribution in [0.2, 0.25) is 0 Å². The molecule has 24 heavy (non-hydrogen) atoms. The molecular weight excluding hydrogens is 308 g/mol. The van der Waals surface area contributed by atoms with Gasteiger partial charge in [0.1, 0.15) is 5.69 Å². The average Bonchev–Trinajstić information content (AvgIpc) is 2.51. The van der Waals surface area contributed by atoms with Crippen molar-refractivity contribution in [1.29, 1.82) is 0 Å². The third kappa shape index (κ3) is 4.22. The maximum absolute atomic E-state index is 12.2. The number of pyridine rings is 1. The van der Waals surface area contributed by atoms with Crippen LogP contribution in [-0.4, -0.2) is 28.5 Å². The number of aliphatic carboxylic acids is 1. The molecule has 2 aromatic rings. The van der Waals surface area contributed by atoms with E-state index >= 15 is 0 Å². The summed E-state index contributed by atoms with van der Waals surface area (Å²) >= 11 is 0. The minimum absolute atomic E-state index is 0.0281. The fourth-order valence-electron chi connectivity index (χ4n) is 2.63. The first-order valence-electron chi connectivity index (χ1n) is 7.92. The summed E-state index contributed by atoms with van der Waals surface area (Å²) in [5, 5.41) is 12.3. The van der Waals surface area contributed by atoms with E-state index in [0.29, 0.717) is 17.3 Å². The number of carbonyl (C=O) groups excluding carboxylic acids is 1. The summed E-state index contributed by atoms with van der Waals surface area (Å²) < 4.78 is 0. The van der Waals surface area contributed by atoms with Gasteiger partial charge in [-0.2, -0.15) is 0 Å². The van der Waals surface area contributed by atoms with E-state index in [1.165, 1.54) is 6.07 Å². The molecule has 6 heteroatoms. The van der Waals surface area contributed by atoms with Crippen LogP contribution in [0.3, 0.4) is 0 Å². The number of amides is 1. The highest BCUT2D eigenvalue weighted by Crippen LogP contribution is 2.12. The third-order valence-electron chi connectivity index (χ3n) is 3.84. The molecule has 0 aliphatic heterocycles. The van der Waals surface area contributed by atoms with Crippen molar-refractivity contribution in [2.45, 2.75) is 27.2 Å². The van der Waals surface area contributed by atoms with Crippen LogP contribution in [0.1, 0.15) is 36.3 Å². The lowest BCUT2D eigenvalue weighted by molar-refractivity contribution is -0.142. The molecule has 6 nitrogen and oxygen atoms in total. The van der Waals surface area contributed by atoms with Gasteiger partial charge in [-0.15, -0.1) is 0 Å². The highest BCUT2D eigenvalue weighted by molar-refractivity contribution is 5.95. The molecule has 2 rings (SSSR count). The van der Waals surface area contributed by atoms with Crippen molar-refractivity contribution in [2.75, 3.05) is 6.54 Å². The van der Waals surface area contributed by atoms with Gasteiger partial charge in [-0.1, -0.05) is 25.5 Å². The summed E-state index contributed by atoms with van der Waals surface area (Å²) in [6.45, 7) is 5.78. The van der Waals surface area contributed by atoms with Crippen LogP contribution in [0.25, 0.3) is 10.9 Å². The smallest absolute Gasteiger partial charge is 0.308 e. The number of carboxylic acid groups (broad SMARTS) is 1. The van der Waals surface area contributed by atoms with E-state index < -0.39 is 17.8 Å². The van der Waals surface area contributed by atoms with Gasteiger partial charge in [0.05, 0.1) is 5.92 Å². The number of hydrogen-bond acceptors (Lipinski definition) is 3. The quantitative estimate of drug-likeness (QED) is 0.757. The van der Waals surface area contributed by atoms with Gasteiger partial charge in [0.2, 0.25) is 0 Å². The molecule has 1 unspecified atom stereocenters. The molecular formula is C18H22N2O4. The number of aromatic nitrogens is 1. The molecule has 0 aliphatic carbocycles. The Hall–Kier alpha value is -2.63. The number of H-pyrrole nitrogens is 1. The van der Waals surface area contributed by atoms with Crippen LogP contribution in [0.5, 0.6) is 0 Å². The SMILES string of the molecule is Cc1ccc2[nH]c(C(=O)NCC(CC(C)C)C(=O)O)cc(=O)c2c1. The first kappa shape index (κ1) is 17.7. The lowest BCUT2D eigenvalue weighted by atomic mass is 9.97. The Balaban J connectivity index is 2.18. The van der Waals surface area contributed by atoms with Crippen LogP contribution >= 0.6 is 0 Å². The Morgan fingerprint density at radius 2 is 1.96 bits per heavy atom. The second-order valence-electron chi connectivity index (χ2n) is 6.47. The summed E-state index contributed by atoms with van der Waals surface area (Å²) in [7, 11) is 0. The van der Waals surface area contributed by atoms with E-state index in [1.54, 1.807) is 12.1 Å². The second kappa shape index (κ2) is 7.29. The molecule has 0 spiro atoms. The normalized spacial score (nSPS) is 12.3. The predicted molar refractivity (Wildman–Crippen MR) is 92.2 cm³/mol. The van der Waals surface area contributed by atoms with E-state index in [4.69, 9.17) is 0 Å². The standard InChI is InChI=1S/C18H22N2O4/c1-10(2)6-12(18(23)24)9-19-17(22)15-8-16(21)13-7-11(3)4-5-14(13)20-15/h4-5,7-8,10,12H,6,9H2,1-3H3,(H,19,22)(H,20,21)(H,23,24). The van der Waals surface area contributed by atoms with Crippen molar-refractivity contribution in [1.82, 2.24) is 10.3 Å². The topological polar surface area (TPSA) is 99.3 Å². The molecule has 3 N–H and O–H groups in total. The van der Waals surface area contributed by atoms with Crippen LogP contribution < -0.4 is 10.7 Å². The van der Waals surface area contributed by atoms with Gasteiger partial charge in [-0.3, -0.25) is 14.4 Å². The van der Waals surface area contributed by atoms with Gasteiger partial charge in [0.25, 0.3) is 5.91 Å². The van der Waals surface area contributed by atoms with Crippen LogP contribution in [0.4, 0.5) is 0 Å². The highest BCUT2D eigenvalue weighted by atomic mass is 16.4. The van der Waals surface area contributed by atoms with Crippen molar-refractivity contribution in [3.05, 3.63) is 45.7 Å². The zero-order chi connectivity index (χ0) is 17.9. The third-order valence-corrected chi connectivity index (χ3v) is 3.84. The molecule has 1 amide bonds. The van der Waals surface area contributed by atoms with Crippen LogP contribution in [-0.2, 0) is 4.79 Å². The number of carbonyl (C=O) groups is 2. The fourth-order valence-corrected chi connectivity index (χ4v) is 2.63. The summed E-state index contributed by atoms with van der Waals surface area (Å²) in [6, 6.07) is 6.61. The molecule has 1 heterocycles. The first-order chi connectivity index (χ1) is 11.3. The molecule has 0 fully saturated rings. The Bertz CT molecular complexity index is 823. The van der Waals surface area contributed by atoms with E-state index in [1.807, 2.05) is 26.8 Å². The van der Waals surface area contributed by atoms with E-state index in [9.17, 15) is 19.5 Å². The molecule has 0 saturated carbocycles. The largest absolute Gasteiger partial charge is 0.481 e. The molecule has 0 bridgehead atoms. The van der Waals surface area contributed by atoms with Crippen LogP contribution in [0.15, 0.2) is 29.1 Å². The van der Waals surface area contributed by atoms with Crippen molar-refractivity contribution >= 4 is 22.8 Å². The number of aromatic amines is 1. The number of rotatable bonds is 6. The Kier molecular flexibility index (Phi) is 5.39. The maximum atomic E-state index is 12.2. The highest BCUT2D eigenvalue weighted by Gasteiger charge is 2.20. The fraction of sp³-hybridized carbons (Fsp3) is 0.389. The monoisotopic (exact) mass is 330 g/mol. The number of aryl methyl sites for hydroxylation is 1. The van der Waals surface area contributed by atoms with Crippen LogP contribution in [0, 0.1) is 18.8 Å². The average molecular weight is 330 g/mol. The number of fused-ring (bicyclic) bond motifs is 1. The van der Waals surface area contributed by atoms with Gasteiger partial charge < -0.3 is 15.4 Å². The number of carboxylic acids is 1. The van der Waals surface area contributed by atoms with Gasteiger partial charge in [0, 0.05) is 23.5 Å². The Morgan fingerprint density at radius 1 is 1.25 bits per heavy atom. The van der Waals surface area contributed by atoms with Gasteiger partial charge in [0.15, 0.2) is 5.43 Å². The van der Waals surface area contributed by atoms with E-state index in [2.05, 4.69) is 10.3 Å². The molecule has 128 valence electrons. The molecule has 0 aliphatic rings. The van der Waals surface area contributed by atoms with Crippen molar-refractivity contribution in [3.63, 3.8) is 0 Å². The number of nitrogens with one attached hydrogen (secondary N) is 2. The van der Waals surface area contributed by atoms with Crippen molar-refractivity contribution in [2.24, 2.45) is 11.8 Å². The van der Waals surface area contributed by atoms with E-state index in [0.717, 1.165) is 5.56 Å². The lowest BCUT2D eigenvalue weighted by Crippen LogP contribution is -2.34. The molecule has 1 aromatic carbocycles. The molecule has 0 saturated heterocycles. The van der Waals surface area contributed by atoms with Gasteiger partial charge in [-0.05, 0) is 31.4 Å². The zero-order valence-corrected chi connectivity index (χ0v) is 14.1. The molecule has 0 radical (unpaired) electrons. The molecule has 1 aromatic heterocycles. The van der Waals surface area contributed by atoms with Gasteiger partial charge in [-0.25, -0.2) is 0 Å². The Labute approximate surface area is 139 Å². The second-order valence-corrected chi connectivity index (χ2v) is 6.47. The summed E-state index contributed by atoms with van der Waals surface area (Å²) in [5.74, 6) is -1.86. The summed E-state index contributed by atoms with van der Waals surface area (Å²) in [4.78, 5) is 38.6. The predicted octanol–water partition coefficient (Wildman–Crippen LogP) is 2.31. The van der Waals surface area contributed by atoms with E-state index in [-0.39, 0.29) is 23.6 Å². The minimum atomic E-state index is -0.938. The Morgan fingerprint density at radius 3 is 2.58 bits per heavy atom. The number of hydrogen-bond donors (Lipinski definition) is 3. The number of benzene rings is 1. The first-order valence-corrected chi connectivity index (χ1v) is 7.92. The zero-order valence-electron chi connectivity index (χ0n) is 14.1. The lowest BCUT2D eigenvalue weighted by Gasteiger charge is -2.15. The molecule has 1 atom stereocenters. The summed E-state index contributed by atoms with van der Waals surface area (Å²) in [6.07, 6.45) is 0.475.